The van der Waals surface area contributed by atoms with Gasteiger partial charge in [0.05, 0.1) is 6.04 Å². The van der Waals surface area contributed by atoms with E-state index in [4.69, 9.17) is 5.73 Å². The Kier molecular flexibility index (Phi) is 9.64. The first-order valence-electron chi connectivity index (χ1n) is 7.43. The fourth-order valence-corrected chi connectivity index (χ4v) is 2.85. The van der Waals surface area contributed by atoms with Gasteiger partial charge in [-0.2, -0.15) is 5.10 Å². The molecule has 2 rings (SSSR count). The molecule has 128 valence electrons. The zero-order valence-electron chi connectivity index (χ0n) is 13.2. The summed E-state index contributed by atoms with van der Waals surface area (Å²) in [5, 5.41) is 4.13. The van der Waals surface area contributed by atoms with Gasteiger partial charge in [-0.25, -0.2) is 4.98 Å². The summed E-state index contributed by atoms with van der Waals surface area (Å²) in [6, 6.07) is -0.361. The van der Waals surface area contributed by atoms with Crippen molar-refractivity contribution < 1.29 is 4.79 Å². The van der Waals surface area contributed by atoms with Crippen LogP contribution in [0.1, 0.15) is 33.1 Å². The normalized spacial score (nSPS) is 19.3. The molecule has 1 amide bonds. The number of aromatic nitrogens is 3. The Morgan fingerprint density at radius 3 is 2.73 bits per heavy atom. The number of hydrogen-bond acceptors (Lipinski definition) is 4. The number of hydrogen-bond donors (Lipinski definition) is 1. The van der Waals surface area contributed by atoms with Crippen LogP contribution in [-0.4, -0.2) is 44.7 Å². The summed E-state index contributed by atoms with van der Waals surface area (Å²) in [6.45, 7) is 6.62. The molecule has 2 heterocycles. The van der Waals surface area contributed by atoms with E-state index in [1.807, 2.05) is 9.58 Å². The van der Waals surface area contributed by atoms with Crippen molar-refractivity contribution in [3.63, 3.8) is 0 Å². The first-order valence-corrected chi connectivity index (χ1v) is 7.43. The Hall–Kier alpha value is -0.850. The minimum atomic E-state index is -0.361. The summed E-state index contributed by atoms with van der Waals surface area (Å²) in [4.78, 5) is 18.2. The maximum Gasteiger partial charge on any atom is 0.239 e. The van der Waals surface area contributed by atoms with Gasteiger partial charge in [-0.15, -0.1) is 24.8 Å². The quantitative estimate of drug-likeness (QED) is 0.876. The van der Waals surface area contributed by atoms with Crippen LogP contribution in [0.2, 0.25) is 0 Å². The number of nitrogens with zero attached hydrogens (tertiary/aromatic N) is 4. The number of likely N-dealkylation sites (tertiary alicyclic amines) is 1. The van der Waals surface area contributed by atoms with Crippen LogP contribution in [0.4, 0.5) is 0 Å². The predicted octanol–water partition coefficient (Wildman–Crippen LogP) is 1.73. The van der Waals surface area contributed by atoms with Gasteiger partial charge in [0.2, 0.25) is 5.91 Å². The van der Waals surface area contributed by atoms with Crippen molar-refractivity contribution >= 4 is 30.7 Å². The van der Waals surface area contributed by atoms with Gasteiger partial charge in [0.15, 0.2) is 0 Å². The van der Waals surface area contributed by atoms with E-state index in [-0.39, 0.29) is 36.8 Å². The highest BCUT2D eigenvalue weighted by molar-refractivity contribution is 5.85. The van der Waals surface area contributed by atoms with Gasteiger partial charge in [-0.05, 0) is 31.1 Å². The molecule has 2 atom stereocenters. The number of carbonyl (C=O) groups is 1. The molecule has 1 aliphatic heterocycles. The van der Waals surface area contributed by atoms with Crippen LogP contribution in [-0.2, 0) is 11.3 Å². The summed E-state index contributed by atoms with van der Waals surface area (Å²) >= 11 is 0. The average Bonchev–Trinajstić information content (AvgIpc) is 2.90. The van der Waals surface area contributed by atoms with Crippen LogP contribution in [0.25, 0.3) is 0 Å². The van der Waals surface area contributed by atoms with Gasteiger partial charge in [0.25, 0.3) is 0 Å². The highest BCUT2D eigenvalue weighted by atomic mass is 35.5. The second kappa shape index (κ2) is 10.0. The molecule has 1 fully saturated rings. The third kappa shape index (κ3) is 6.10. The van der Waals surface area contributed by atoms with E-state index in [9.17, 15) is 4.79 Å². The highest BCUT2D eigenvalue weighted by Gasteiger charge is 2.27. The molecule has 2 N–H and O–H groups in total. The van der Waals surface area contributed by atoms with Crippen LogP contribution in [0.3, 0.4) is 0 Å². The SMILES string of the molecule is CC(C)C[C@H](N)C(=O)N1CCCC(Cn2cncn2)C1.Cl.Cl. The first kappa shape index (κ1) is 21.1. The Labute approximate surface area is 144 Å². The van der Waals surface area contributed by atoms with Crippen LogP contribution in [0, 0.1) is 11.8 Å². The zero-order chi connectivity index (χ0) is 14.5. The number of rotatable bonds is 5. The number of halogens is 2. The lowest BCUT2D eigenvalue weighted by atomic mass is 9.96. The molecule has 0 aliphatic carbocycles. The molecular formula is C14H27Cl2N5O. The highest BCUT2D eigenvalue weighted by Crippen LogP contribution is 2.19. The van der Waals surface area contributed by atoms with Crippen molar-refractivity contribution in [3.8, 4) is 0 Å². The van der Waals surface area contributed by atoms with E-state index < -0.39 is 0 Å². The molecular weight excluding hydrogens is 325 g/mol. The monoisotopic (exact) mass is 351 g/mol. The lowest BCUT2D eigenvalue weighted by Gasteiger charge is -2.34. The van der Waals surface area contributed by atoms with E-state index >= 15 is 0 Å². The fraction of sp³-hybridized carbons (Fsp3) is 0.786. The van der Waals surface area contributed by atoms with Gasteiger partial charge in [0, 0.05) is 19.6 Å². The van der Waals surface area contributed by atoms with Crippen molar-refractivity contribution in [3.05, 3.63) is 12.7 Å². The smallest absolute Gasteiger partial charge is 0.239 e. The lowest BCUT2D eigenvalue weighted by Crippen LogP contribution is -2.49. The van der Waals surface area contributed by atoms with Gasteiger partial charge >= 0.3 is 0 Å². The van der Waals surface area contributed by atoms with Gasteiger partial charge < -0.3 is 10.6 Å². The number of amides is 1. The Balaban J connectivity index is 0.00000220. The van der Waals surface area contributed by atoms with Crippen LogP contribution in [0.5, 0.6) is 0 Å². The molecule has 0 spiro atoms. The summed E-state index contributed by atoms with van der Waals surface area (Å²) < 4.78 is 1.84. The maximum absolute atomic E-state index is 12.3. The minimum absolute atomic E-state index is 0. The number of nitrogens with two attached hydrogens (primary N) is 1. The van der Waals surface area contributed by atoms with E-state index in [1.54, 1.807) is 12.7 Å². The third-order valence-electron chi connectivity index (χ3n) is 3.79. The van der Waals surface area contributed by atoms with Crippen molar-refractivity contribution in [2.24, 2.45) is 17.6 Å². The van der Waals surface area contributed by atoms with Crippen LogP contribution >= 0.6 is 24.8 Å². The second-order valence-corrected chi connectivity index (χ2v) is 6.15. The Morgan fingerprint density at radius 2 is 2.14 bits per heavy atom. The second-order valence-electron chi connectivity index (χ2n) is 6.15. The van der Waals surface area contributed by atoms with Crippen molar-refractivity contribution in [1.29, 1.82) is 0 Å². The van der Waals surface area contributed by atoms with E-state index in [1.165, 1.54) is 0 Å². The Bertz CT molecular complexity index is 427. The molecule has 1 unspecified atom stereocenters. The first-order chi connectivity index (χ1) is 9.56. The summed E-state index contributed by atoms with van der Waals surface area (Å²) in [5.41, 5.74) is 6.01. The molecule has 22 heavy (non-hydrogen) atoms. The molecule has 6 nitrogen and oxygen atoms in total. The van der Waals surface area contributed by atoms with E-state index in [0.717, 1.165) is 38.9 Å². The average molecular weight is 352 g/mol. The number of carbonyl (C=O) groups excluding carboxylic acids is 1. The summed E-state index contributed by atoms with van der Waals surface area (Å²) in [5.74, 6) is 0.993. The van der Waals surface area contributed by atoms with E-state index in [2.05, 4.69) is 23.9 Å². The molecule has 0 bridgehead atoms. The van der Waals surface area contributed by atoms with Gasteiger partial charge in [-0.3, -0.25) is 9.48 Å². The molecule has 1 aromatic rings. The Morgan fingerprint density at radius 1 is 1.41 bits per heavy atom. The van der Waals surface area contributed by atoms with Gasteiger partial charge in [-0.1, -0.05) is 13.8 Å². The van der Waals surface area contributed by atoms with E-state index in [0.29, 0.717) is 11.8 Å². The molecule has 0 saturated carbocycles. The van der Waals surface area contributed by atoms with Gasteiger partial charge in [0.1, 0.15) is 12.7 Å². The molecule has 1 saturated heterocycles. The molecule has 0 radical (unpaired) electrons. The minimum Gasteiger partial charge on any atom is -0.341 e. The van der Waals surface area contributed by atoms with Crippen molar-refractivity contribution in [1.82, 2.24) is 19.7 Å². The van der Waals surface area contributed by atoms with Crippen molar-refractivity contribution in [2.75, 3.05) is 13.1 Å². The predicted molar refractivity (Wildman–Crippen MR) is 91.3 cm³/mol. The zero-order valence-corrected chi connectivity index (χ0v) is 14.9. The molecule has 8 heteroatoms. The molecule has 1 aliphatic rings. The molecule has 1 aromatic heterocycles. The maximum atomic E-state index is 12.3. The summed E-state index contributed by atoms with van der Waals surface area (Å²) in [7, 11) is 0. The topological polar surface area (TPSA) is 77.0 Å². The lowest BCUT2D eigenvalue weighted by molar-refractivity contribution is -0.134. The van der Waals surface area contributed by atoms with Crippen molar-refractivity contribution in [2.45, 2.75) is 45.7 Å². The fourth-order valence-electron chi connectivity index (χ4n) is 2.85. The molecule has 0 aromatic carbocycles. The number of piperidine rings is 1. The van der Waals surface area contributed by atoms with Crippen LogP contribution < -0.4 is 5.73 Å². The summed E-state index contributed by atoms with van der Waals surface area (Å²) in [6.07, 6.45) is 6.20. The standard InChI is InChI=1S/C14H25N5O.2ClH/c1-11(2)6-13(15)14(20)18-5-3-4-12(7-18)8-19-10-16-9-17-19;;/h9-13H,3-8,15H2,1-2H3;2*1H/t12?,13-;;/m0../s1. The van der Waals surface area contributed by atoms with Crippen LogP contribution in [0.15, 0.2) is 12.7 Å². The largest absolute Gasteiger partial charge is 0.341 e. The third-order valence-corrected chi connectivity index (χ3v) is 3.79.